The second kappa shape index (κ2) is 8.18. The van der Waals surface area contributed by atoms with Gasteiger partial charge in [0.1, 0.15) is 11.0 Å². The van der Waals surface area contributed by atoms with Gasteiger partial charge in [-0.05, 0) is 41.0 Å². The summed E-state index contributed by atoms with van der Waals surface area (Å²) in [4.78, 5) is 18.9. The number of aromatic nitrogens is 3. The Kier molecular flexibility index (Phi) is 5.85. The van der Waals surface area contributed by atoms with Crippen LogP contribution in [0.3, 0.4) is 0 Å². The number of benzene rings is 2. The first-order valence-corrected chi connectivity index (χ1v) is 10.4. The van der Waals surface area contributed by atoms with Crippen molar-refractivity contribution in [2.24, 2.45) is 0 Å². The highest BCUT2D eigenvalue weighted by atomic mass is 32.2. The zero-order chi connectivity index (χ0) is 21.2. The van der Waals surface area contributed by atoms with Gasteiger partial charge in [0.25, 0.3) is 5.91 Å². The molecule has 9 nitrogen and oxygen atoms in total. The van der Waals surface area contributed by atoms with Crippen molar-refractivity contribution in [3.05, 3.63) is 48.0 Å². The molecule has 154 valence electrons. The number of anilines is 1. The number of fused-ring (bicyclic) bond motifs is 1. The van der Waals surface area contributed by atoms with E-state index in [9.17, 15) is 13.2 Å². The number of nitrogens with one attached hydrogen (secondary N) is 1. The van der Waals surface area contributed by atoms with E-state index < -0.39 is 10.0 Å². The van der Waals surface area contributed by atoms with Crippen LogP contribution < -0.4 is 10.2 Å². The minimum atomic E-state index is -3.62. The quantitative estimate of drug-likeness (QED) is 0.629. The number of nitrogens with zero attached hydrogens (tertiary/aromatic N) is 4. The van der Waals surface area contributed by atoms with Crippen LogP contribution in [0.1, 0.15) is 25.3 Å². The van der Waals surface area contributed by atoms with Crippen LogP contribution in [-0.2, 0) is 14.8 Å². The van der Waals surface area contributed by atoms with Crippen LogP contribution >= 0.6 is 0 Å². The Morgan fingerprint density at radius 1 is 1.21 bits per heavy atom. The number of amides is 1. The van der Waals surface area contributed by atoms with E-state index in [2.05, 4.69) is 15.6 Å². The van der Waals surface area contributed by atoms with Crippen molar-refractivity contribution >= 4 is 32.7 Å². The minimum absolute atomic E-state index is 0.0810. The van der Waals surface area contributed by atoms with Gasteiger partial charge in [0.2, 0.25) is 10.0 Å². The summed E-state index contributed by atoms with van der Waals surface area (Å²) in [6.45, 7) is 3.78. The number of rotatable bonds is 7. The second-order valence-corrected chi connectivity index (χ2v) is 9.12. The number of hydrogen-bond acceptors (Lipinski definition) is 6. The maximum absolute atomic E-state index is 12.3. The van der Waals surface area contributed by atoms with Crippen LogP contribution in [0.5, 0.6) is 0 Å². The summed E-state index contributed by atoms with van der Waals surface area (Å²) in [7, 11) is -0.720. The lowest BCUT2D eigenvalue weighted by molar-refractivity contribution is -0.121. The molecule has 0 aliphatic carbocycles. The molecule has 0 saturated heterocycles. The summed E-state index contributed by atoms with van der Waals surface area (Å²) in [5, 5.41) is 10.6. The Bertz CT molecular complexity index is 1140. The van der Waals surface area contributed by atoms with E-state index in [1.54, 1.807) is 0 Å². The Labute approximate surface area is 169 Å². The lowest BCUT2D eigenvalue weighted by Gasteiger charge is -2.14. The zero-order valence-electron chi connectivity index (χ0n) is 16.7. The second-order valence-electron chi connectivity index (χ2n) is 6.96. The van der Waals surface area contributed by atoms with Crippen molar-refractivity contribution < 1.29 is 18.0 Å². The van der Waals surface area contributed by atoms with Crippen LogP contribution in [0.25, 0.3) is 11.0 Å². The molecule has 0 radical (unpaired) electrons. The van der Waals surface area contributed by atoms with Gasteiger partial charge in [0, 0.05) is 19.8 Å². The van der Waals surface area contributed by atoms with E-state index in [1.807, 2.05) is 38.1 Å². The molecule has 0 aliphatic rings. The van der Waals surface area contributed by atoms with Gasteiger partial charge in [-0.3, -0.25) is 4.79 Å². The van der Waals surface area contributed by atoms with Crippen molar-refractivity contribution in [3.63, 3.8) is 0 Å². The van der Waals surface area contributed by atoms with Crippen molar-refractivity contribution in [1.82, 2.24) is 19.5 Å². The van der Waals surface area contributed by atoms with Gasteiger partial charge >= 0.3 is 0 Å². The predicted molar refractivity (Wildman–Crippen MR) is 109 cm³/mol. The molecule has 0 bridgehead atoms. The highest BCUT2D eigenvalue weighted by Gasteiger charge is 2.19. The largest absolute Gasteiger partial charge is 0.385 e. The first-order valence-electron chi connectivity index (χ1n) is 9.00. The summed E-state index contributed by atoms with van der Waals surface area (Å²) in [6.07, 6.45) is 0. The average Bonchev–Trinajstić information content (AvgIpc) is 3.08. The summed E-state index contributed by atoms with van der Waals surface area (Å²) in [5.74, 6) is -0.109. The van der Waals surface area contributed by atoms with Crippen LogP contribution in [-0.4, -0.2) is 54.5 Å². The lowest BCUT2D eigenvalue weighted by atomic mass is 10.0. The van der Waals surface area contributed by atoms with E-state index in [-0.39, 0.29) is 23.3 Å². The molecule has 29 heavy (non-hydrogen) atoms. The van der Waals surface area contributed by atoms with Crippen molar-refractivity contribution in [2.75, 3.05) is 26.0 Å². The molecule has 0 fully saturated rings. The number of sulfonamides is 1. The molecule has 1 N–H and O–H groups in total. The van der Waals surface area contributed by atoms with Gasteiger partial charge in [-0.1, -0.05) is 36.9 Å². The van der Waals surface area contributed by atoms with E-state index >= 15 is 0 Å². The molecule has 10 heteroatoms. The van der Waals surface area contributed by atoms with Gasteiger partial charge in [-0.15, -0.1) is 5.10 Å². The number of carbonyl (C=O) groups excluding carboxylic acids is 1. The maximum atomic E-state index is 12.3. The van der Waals surface area contributed by atoms with Crippen LogP contribution in [0, 0.1) is 0 Å². The van der Waals surface area contributed by atoms with E-state index in [1.165, 1.54) is 32.3 Å². The fourth-order valence-corrected chi connectivity index (χ4v) is 3.69. The molecule has 0 atom stereocenters. The minimum Gasteiger partial charge on any atom is -0.385 e. The third-order valence-electron chi connectivity index (χ3n) is 4.34. The van der Waals surface area contributed by atoms with Crippen molar-refractivity contribution in [1.29, 1.82) is 0 Å². The summed E-state index contributed by atoms with van der Waals surface area (Å²) < 4.78 is 25.8. The van der Waals surface area contributed by atoms with Crippen molar-refractivity contribution in [3.8, 4) is 0 Å². The van der Waals surface area contributed by atoms with Gasteiger partial charge in [-0.2, -0.15) is 0 Å². The summed E-state index contributed by atoms with van der Waals surface area (Å²) in [6, 6.07) is 12.0. The standard InChI is InChI=1S/C19H23N5O4S/c1-13(2)15-7-5-6-8-16(15)20-19(25)12-28-24-18-11-14(29(26,27)23(3)4)9-10-17(18)21-22-24/h5-11,13H,12H2,1-4H3,(H,20,25). The molecule has 0 saturated carbocycles. The summed E-state index contributed by atoms with van der Waals surface area (Å²) >= 11 is 0. The third kappa shape index (κ3) is 4.38. The molecule has 0 unspecified atom stereocenters. The predicted octanol–water partition coefficient (Wildman–Crippen LogP) is 1.87. The number of hydrogen-bond donors (Lipinski definition) is 1. The molecule has 3 aromatic rings. The molecular formula is C19H23N5O4S. The Balaban J connectivity index is 1.76. The van der Waals surface area contributed by atoms with Crippen LogP contribution in [0.4, 0.5) is 5.69 Å². The molecular weight excluding hydrogens is 394 g/mol. The van der Waals surface area contributed by atoms with Crippen molar-refractivity contribution in [2.45, 2.75) is 24.7 Å². The van der Waals surface area contributed by atoms with E-state index in [4.69, 9.17) is 4.84 Å². The molecule has 0 spiro atoms. The average molecular weight is 417 g/mol. The van der Waals surface area contributed by atoms with Crippen LogP contribution in [0.2, 0.25) is 0 Å². The summed E-state index contributed by atoms with van der Waals surface area (Å²) in [5.41, 5.74) is 2.54. The van der Waals surface area contributed by atoms with E-state index in [0.29, 0.717) is 11.0 Å². The number of para-hydroxylation sites is 1. The highest BCUT2D eigenvalue weighted by Crippen LogP contribution is 2.23. The fourth-order valence-electron chi connectivity index (χ4n) is 2.76. The molecule has 3 rings (SSSR count). The SMILES string of the molecule is CC(C)c1ccccc1NC(=O)COn1nnc2ccc(S(=O)(=O)N(C)C)cc21. The third-order valence-corrected chi connectivity index (χ3v) is 6.15. The normalized spacial score (nSPS) is 11.9. The first-order chi connectivity index (χ1) is 13.7. The molecule has 1 amide bonds. The monoisotopic (exact) mass is 417 g/mol. The maximum Gasteiger partial charge on any atom is 0.265 e. The lowest BCUT2D eigenvalue weighted by Crippen LogP contribution is -2.26. The van der Waals surface area contributed by atoms with Gasteiger partial charge < -0.3 is 10.2 Å². The highest BCUT2D eigenvalue weighted by molar-refractivity contribution is 7.89. The van der Waals surface area contributed by atoms with E-state index in [0.717, 1.165) is 20.4 Å². The fraction of sp³-hybridized carbons (Fsp3) is 0.316. The molecule has 1 heterocycles. The van der Waals surface area contributed by atoms with Gasteiger partial charge in [-0.25, -0.2) is 12.7 Å². The molecule has 1 aromatic heterocycles. The number of carbonyl (C=O) groups is 1. The van der Waals surface area contributed by atoms with Gasteiger partial charge in [0.15, 0.2) is 6.61 Å². The molecule has 2 aromatic carbocycles. The first kappa shape index (κ1) is 20.7. The smallest absolute Gasteiger partial charge is 0.265 e. The Morgan fingerprint density at radius 2 is 1.93 bits per heavy atom. The Morgan fingerprint density at radius 3 is 2.62 bits per heavy atom. The molecule has 0 aliphatic heterocycles. The van der Waals surface area contributed by atoms with Gasteiger partial charge in [0.05, 0.1) is 4.90 Å². The Hall–Kier alpha value is -2.98. The topological polar surface area (TPSA) is 106 Å². The zero-order valence-corrected chi connectivity index (χ0v) is 17.5. The van der Waals surface area contributed by atoms with Crippen LogP contribution in [0.15, 0.2) is 47.4 Å².